The van der Waals surface area contributed by atoms with Crippen LogP contribution in [-0.2, 0) is 36.1 Å². The number of aliphatic hydroxyl groups is 2. The molecule has 0 saturated heterocycles. The Labute approximate surface area is 129 Å². The summed E-state index contributed by atoms with van der Waals surface area (Å²) in [6.07, 6.45) is -0.333. The Morgan fingerprint density at radius 1 is 0.789 bits per heavy atom. The van der Waals surface area contributed by atoms with Crippen LogP contribution in [0.4, 0.5) is 0 Å². The maximum Gasteiger partial charge on any atom is 0.321 e. The minimum absolute atomic E-state index is 0. The first-order valence-corrected chi connectivity index (χ1v) is 5.53. The van der Waals surface area contributed by atoms with E-state index in [1.807, 2.05) is 0 Å². The van der Waals surface area contributed by atoms with Crippen LogP contribution in [0.5, 0.6) is 0 Å². The number of carbonyl (C=O) groups excluding carboxylic acids is 2. The molecule has 0 aliphatic rings. The molecular weight excluding hydrogens is 288 g/mol. The molecule has 0 spiro atoms. The van der Waals surface area contributed by atoms with Crippen LogP contribution in [-0.4, -0.2) is 45.1 Å². The monoisotopic (exact) mass is 312 g/mol. The zero-order chi connectivity index (χ0) is 15.5. The Kier molecular flexibility index (Phi) is 21.9. The second-order valence-electron chi connectivity index (χ2n) is 4.18. The molecule has 0 radical (unpaired) electrons. The van der Waals surface area contributed by atoms with Crippen LogP contribution in [0.25, 0.3) is 0 Å². The molecular formula is C12H24O6Ti. The fourth-order valence-corrected chi connectivity index (χ4v) is 0.634. The van der Waals surface area contributed by atoms with Crippen LogP contribution in [0.1, 0.15) is 41.5 Å². The standard InChI is InChI=1S/C6H8O4.2C3H8O.Ti/c1-3(7)5(4(2)8)6(9)10;2*1-3(2)4;/h5H,1-2H3,(H,9,10);2*3-4H,1-2H3;. The maximum absolute atomic E-state index is 10.4. The number of hydrogen-bond acceptors (Lipinski definition) is 5. The predicted octanol–water partition coefficient (Wildman–Crippen LogP) is 0.637. The van der Waals surface area contributed by atoms with E-state index < -0.39 is 23.5 Å². The summed E-state index contributed by atoms with van der Waals surface area (Å²) < 4.78 is 0. The molecule has 0 atom stereocenters. The normalized spacial score (nSPS) is 8.79. The molecule has 0 aliphatic heterocycles. The quantitative estimate of drug-likeness (QED) is 0.521. The number of hydrogen-bond donors (Lipinski definition) is 3. The third kappa shape index (κ3) is 31.8. The summed E-state index contributed by atoms with van der Waals surface area (Å²) in [6, 6.07) is 0. The molecule has 0 aliphatic carbocycles. The first-order chi connectivity index (χ1) is 7.93. The van der Waals surface area contributed by atoms with Crippen LogP contribution in [0, 0.1) is 5.92 Å². The van der Waals surface area contributed by atoms with Gasteiger partial charge in [-0.1, -0.05) is 0 Å². The maximum atomic E-state index is 10.4. The van der Waals surface area contributed by atoms with Gasteiger partial charge in [-0.15, -0.1) is 0 Å². The van der Waals surface area contributed by atoms with Crippen molar-refractivity contribution in [2.75, 3.05) is 0 Å². The van der Waals surface area contributed by atoms with Gasteiger partial charge in [0.15, 0.2) is 17.5 Å². The molecule has 0 heterocycles. The first kappa shape index (κ1) is 26.9. The van der Waals surface area contributed by atoms with Crippen molar-refractivity contribution < 1.29 is 51.4 Å². The molecule has 0 aromatic carbocycles. The van der Waals surface area contributed by atoms with Crippen LogP contribution in [0.15, 0.2) is 0 Å². The molecule has 6 nitrogen and oxygen atoms in total. The van der Waals surface area contributed by atoms with Crippen molar-refractivity contribution in [1.29, 1.82) is 0 Å². The van der Waals surface area contributed by atoms with Crippen molar-refractivity contribution in [2.24, 2.45) is 5.92 Å². The Balaban J connectivity index is -0.000000105. The van der Waals surface area contributed by atoms with Gasteiger partial charge in [-0.2, -0.15) is 0 Å². The Bertz CT molecular complexity index is 218. The molecule has 19 heavy (non-hydrogen) atoms. The van der Waals surface area contributed by atoms with E-state index >= 15 is 0 Å². The van der Waals surface area contributed by atoms with Crippen LogP contribution in [0.2, 0.25) is 0 Å². The third-order valence-corrected chi connectivity index (χ3v) is 1.06. The van der Waals surface area contributed by atoms with E-state index in [0.29, 0.717) is 0 Å². The Hall–Kier alpha value is -0.556. The van der Waals surface area contributed by atoms with E-state index in [9.17, 15) is 14.4 Å². The van der Waals surface area contributed by atoms with Crippen LogP contribution in [0.3, 0.4) is 0 Å². The molecule has 0 rings (SSSR count). The van der Waals surface area contributed by atoms with E-state index in [1.165, 1.54) is 0 Å². The number of rotatable bonds is 3. The third-order valence-electron chi connectivity index (χ3n) is 1.06. The number of carboxylic acids is 1. The van der Waals surface area contributed by atoms with Gasteiger partial charge in [-0.05, 0) is 41.5 Å². The molecule has 0 unspecified atom stereocenters. The molecule has 7 heteroatoms. The van der Waals surface area contributed by atoms with Gasteiger partial charge >= 0.3 is 5.97 Å². The number of aliphatic carboxylic acids is 1. The molecule has 0 fully saturated rings. The van der Waals surface area contributed by atoms with Crippen LogP contribution < -0.4 is 0 Å². The fraction of sp³-hybridized carbons (Fsp3) is 0.750. The van der Waals surface area contributed by atoms with Gasteiger partial charge in [0.25, 0.3) is 0 Å². The SMILES string of the molecule is CC(=O)C(C(C)=O)C(=O)O.CC(C)O.CC(C)O.[Ti]. The predicted molar refractivity (Wildman–Crippen MR) is 67.2 cm³/mol. The molecule has 0 aromatic rings. The fourth-order valence-electron chi connectivity index (χ4n) is 0.634. The molecule has 112 valence electrons. The van der Waals surface area contributed by atoms with Crippen LogP contribution >= 0.6 is 0 Å². The topological polar surface area (TPSA) is 112 Å². The molecule has 0 amide bonds. The summed E-state index contributed by atoms with van der Waals surface area (Å²) in [5.41, 5.74) is 0. The smallest absolute Gasteiger partial charge is 0.321 e. The van der Waals surface area contributed by atoms with Crippen molar-refractivity contribution in [3.63, 3.8) is 0 Å². The van der Waals surface area contributed by atoms with Crippen molar-refractivity contribution >= 4 is 17.5 Å². The number of ketones is 2. The number of Topliss-reactive ketones (excluding diaryl/α,β-unsaturated/α-hetero) is 2. The van der Waals surface area contributed by atoms with Crippen molar-refractivity contribution in [3.05, 3.63) is 0 Å². The minimum atomic E-state index is -1.47. The Morgan fingerprint density at radius 2 is 0.947 bits per heavy atom. The largest absolute Gasteiger partial charge is 0.480 e. The summed E-state index contributed by atoms with van der Waals surface area (Å²) in [5.74, 6) is -4.10. The average Bonchev–Trinajstić information content (AvgIpc) is 1.96. The van der Waals surface area contributed by atoms with Crippen molar-refractivity contribution in [2.45, 2.75) is 53.8 Å². The van der Waals surface area contributed by atoms with Crippen molar-refractivity contribution in [1.82, 2.24) is 0 Å². The Morgan fingerprint density at radius 3 is 0.947 bits per heavy atom. The minimum Gasteiger partial charge on any atom is -0.480 e. The summed E-state index contributed by atoms with van der Waals surface area (Å²) in [4.78, 5) is 31.0. The number of carbonyl (C=O) groups is 3. The molecule has 3 N–H and O–H groups in total. The van der Waals surface area contributed by atoms with Crippen molar-refractivity contribution in [3.8, 4) is 0 Å². The van der Waals surface area contributed by atoms with Gasteiger partial charge in [0.1, 0.15) is 0 Å². The summed E-state index contributed by atoms with van der Waals surface area (Å²) in [5, 5.41) is 24.4. The van der Waals surface area contributed by atoms with Gasteiger partial charge in [0.05, 0.1) is 0 Å². The van der Waals surface area contributed by atoms with Gasteiger partial charge in [0, 0.05) is 33.9 Å². The zero-order valence-electron chi connectivity index (χ0n) is 12.3. The van der Waals surface area contributed by atoms with E-state index in [-0.39, 0.29) is 33.9 Å². The van der Waals surface area contributed by atoms with E-state index in [2.05, 4.69) is 0 Å². The van der Waals surface area contributed by atoms with Gasteiger partial charge in [0.2, 0.25) is 0 Å². The van der Waals surface area contributed by atoms with Gasteiger partial charge in [-0.3, -0.25) is 14.4 Å². The summed E-state index contributed by atoms with van der Waals surface area (Å²) in [6.45, 7) is 9.06. The second-order valence-corrected chi connectivity index (χ2v) is 4.18. The van der Waals surface area contributed by atoms with Gasteiger partial charge < -0.3 is 15.3 Å². The first-order valence-electron chi connectivity index (χ1n) is 5.53. The van der Waals surface area contributed by atoms with E-state index in [1.54, 1.807) is 27.7 Å². The zero-order valence-corrected chi connectivity index (χ0v) is 13.9. The average molecular weight is 312 g/mol. The molecule has 0 bridgehead atoms. The summed E-state index contributed by atoms with van der Waals surface area (Å²) >= 11 is 0. The number of aliphatic hydroxyl groups excluding tert-OH is 2. The van der Waals surface area contributed by atoms with E-state index in [4.69, 9.17) is 15.3 Å². The van der Waals surface area contributed by atoms with Gasteiger partial charge in [-0.25, -0.2) is 0 Å². The second kappa shape index (κ2) is 15.5. The molecule has 0 saturated carbocycles. The number of carboxylic acid groups (broad SMARTS) is 1. The molecule has 0 aromatic heterocycles. The van der Waals surface area contributed by atoms with E-state index in [0.717, 1.165) is 13.8 Å². The summed E-state index contributed by atoms with van der Waals surface area (Å²) in [7, 11) is 0.